The quantitative estimate of drug-likeness (QED) is 0.634. The van der Waals surface area contributed by atoms with Crippen LogP contribution in [-0.4, -0.2) is 21.9 Å². The van der Waals surface area contributed by atoms with Crippen LogP contribution in [-0.2, 0) is 0 Å². The number of hydrogen-bond acceptors (Lipinski definition) is 3. The molecule has 0 saturated heterocycles. The van der Waals surface area contributed by atoms with Crippen molar-refractivity contribution in [1.82, 2.24) is 15.3 Å². The van der Waals surface area contributed by atoms with E-state index >= 15 is 0 Å². The first-order valence-corrected chi connectivity index (χ1v) is 4.67. The largest absolute Gasteiger partial charge is 0.348 e. The summed E-state index contributed by atoms with van der Waals surface area (Å²) >= 11 is 0. The van der Waals surface area contributed by atoms with Crippen LogP contribution < -0.4 is 16.6 Å². The van der Waals surface area contributed by atoms with E-state index in [0.717, 1.165) is 12.5 Å². The van der Waals surface area contributed by atoms with Crippen molar-refractivity contribution in [1.29, 1.82) is 0 Å². The predicted molar refractivity (Wildman–Crippen MR) is 54.9 cm³/mol. The van der Waals surface area contributed by atoms with Crippen LogP contribution in [0, 0.1) is 0 Å². The average molecular weight is 211 g/mol. The van der Waals surface area contributed by atoms with Crippen LogP contribution in [0.15, 0.2) is 15.7 Å². The average Bonchev–Trinajstić information content (AvgIpc) is 2.16. The van der Waals surface area contributed by atoms with Crippen molar-refractivity contribution in [3.05, 3.63) is 32.6 Å². The van der Waals surface area contributed by atoms with Crippen molar-refractivity contribution in [3.63, 3.8) is 0 Å². The van der Waals surface area contributed by atoms with Gasteiger partial charge in [0, 0.05) is 12.1 Å². The summed E-state index contributed by atoms with van der Waals surface area (Å²) in [6, 6.07) is 1.05. The lowest BCUT2D eigenvalue weighted by Gasteiger charge is -2.10. The third kappa shape index (κ3) is 3.08. The second-order valence-electron chi connectivity index (χ2n) is 3.28. The van der Waals surface area contributed by atoms with Crippen molar-refractivity contribution in [3.8, 4) is 0 Å². The number of H-pyrrole nitrogens is 2. The van der Waals surface area contributed by atoms with Crippen LogP contribution in [0.3, 0.4) is 0 Å². The monoisotopic (exact) mass is 211 g/mol. The normalized spacial score (nSPS) is 12.1. The fraction of sp³-hybridized carbons (Fsp3) is 0.444. The van der Waals surface area contributed by atoms with E-state index in [-0.39, 0.29) is 11.7 Å². The zero-order valence-electron chi connectivity index (χ0n) is 8.59. The molecule has 0 radical (unpaired) electrons. The lowest BCUT2D eigenvalue weighted by molar-refractivity contribution is 0.0933. The summed E-state index contributed by atoms with van der Waals surface area (Å²) in [5.41, 5.74) is -1.30. The Bertz CT molecular complexity index is 432. The van der Waals surface area contributed by atoms with Crippen LogP contribution in [0.2, 0.25) is 0 Å². The Hall–Kier alpha value is -1.85. The van der Waals surface area contributed by atoms with E-state index in [2.05, 4.69) is 10.3 Å². The highest BCUT2D eigenvalue weighted by atomic mass is 16.2. The third-order valence-corrected chi connectivity index (χ3v) is 1.99. The Morgan fingerprint density at radius 3 is 2.67 bits per heavy atom. The minimum Gasteiger partial charge on any atom is -0.348 e. The Labute approximate surface area is 85.7 Å². The molecule has 0 bridgehead atoms. The molecule has 1 heterocycles. The number of carbonyl (C=O) groups excluding carboxylic acids is 1. The molecule has 0 fully saturated rings. The fourth-order valence-electron chi connectivity index (χ4n) is 0.995. The number of nitrogens with one attached hydrogen (secondary N) is 3. The molecular formula is C9H13N3O3. The highest BCUT2D eigenvalue weighted by Crippen LogP contribution is 1.91. The molecule has 1 rings (SSSR count). The van der Waals surface area contributed by atoms with Crippen LogP contribution >= 0.6 is 0 Å². The van der Waals surface area contributed by atoms with E-state index < -0.39 is 17.2 Å². The summed E-state index contributed by atoms with van der Waals surface area (Å²) in [5, 5.41) is 2.64. The summed E-state index contributed by atoms with van der Waals surface area (Å²) in [5.74, 6) is -0.451. The molecule has 0 aliphatic carbocycles. The summed E-state index contributed by atoms with van der Waals surface area (Å²) in [6.45, 7) is 3.76. The molecule has 6 heteroatoms. The Morgan fingerprint density at radius 1 is 1.47 bits per heavy atom. The van der Waals surface area contributed by atoms with Gasteiger partial charge in [0.2, 0.25) is 0 Å². The van der Waals surface area contributed by atoms with Crippen LogP contribution in [0.4, 0.5) is 0 Å². The molecule has 1 amide bonds. The molecular weight excluding hydrogens is 198 g/mol. The third-order valence-electron chi connectivity index (χ3n) is 1.99. The van der Waals surface area contributed by atoms with Crippen molar-refractivity contribution in [2.75, 3.05) is 0 Å². The minimum atomic E-state index is -0.684. The zero-order valence-corrected chi connectivity index (χ0v) is 8.59. The van der Waals surface area contributed by atoms with E-state index in [4.69, 9.17) is 0 Å². The lowest BCUT2D eigenvalue weighted by atomic mass is 10.2. The van der Waals surface area contributed by atoms with E-state index in [1.54, 1.807) is 0 Å². The van der Waals surface area contributed by atoms with Gasteiger partial charge in [-0.15, -0.1) is 0 Å². The number of aromatic nitrogens is 2. The van der Waals surface area contributed by atoms with Gasteiger partial charge >= 0.3 is 5.69 Å². The first-order chi connectivity index (χ1) is 7.02. The molecule has 0 aliphatic rings. The maximum atomic E-state index is 11.5. The first kappa shape index (κ1) is 11.2. The van der Waals surface area contributed by atoms with Gasteiger partial charge in [-0.1, -0.05) is 6.92 Å². The number of rotatable bonds is 3. The van der Waals surface area contributed by atoms with Crippen LogP contribution in [0.25, 0.3) is 0 Å². The van der Waals surface area contributed by atoms with E-state index in [9.17, 15) is 14.4 Å². The summed E-state index contributed by atoms with van der Waals surface area (Å²) in [7, 11) is 0. The molecule has 1 atom stereocenters. The van der Waals surface area contributed by atoms with E-state index in [0.29, 0.717) is 0 Å². The van der Waals surface area contributed by atoms with Crippen LogP contribution in [0.5, 0.6) is 0 Å². The fourth-order valence-corrected chi connectivity index (χ4v) is 0.995. The standard InChI is InChI=1S/C9H13N3O3/c1-3-5(2)10-8(14)6-4-7(13)12-9(15)11-6/h4-5H,3H2,1-2H3,(H,10,14)(H2,11,12,13,15)/t5-/m1/s1. The molecule has 1 aromatic heterocycles. The van der Waals surface area contributed by atoms with Crippen molar-refractivity contribution >= 4 is 5.91 Å². The molecule has 6 nitrogen and oxygen atoms in total. The second kappa shape index (κ2) is 4.59. The predicted octanol–water partition coefficient (Wildman–Crippen LogP) is -0.409. The number of aromatic amines is 2. The molecule has 0 saturated carbocycles. The van der Waals surface area contributed by atoms with E-state index in [1.807, 2.05) is 18.8 Å². The van der Waals surface area contributed by atoms with E-state index in [1.165, 1.54) is 0 Å². The van der Waals surface area contributed by atoms with Gasteiger partial charge in [-0.05, 0) is 13.3 Å². The number of hydrogen-bond donors (Lipinski definition) is 3. The van der Waals surface area contributed by atoms with Gasteiger partial charge in [0.25, 0.3) is 11.5 Å². The highest BCUT2D eigenvalue weighted by Gasteiger charge is 2.09. The van der Waals surface area contributed by atoms with Gasteiger partial charge in [-0.25, -0.2) is 4.79 Å². The maximum Gasteiger partial charge on any atom is 0.326 e. The van der Waals surface area contributed by atoms with Gasteiger partial charge < -0.3 is 10.3 Å². The summed E-state index contributed by atoms with van der Waals surface area (Å²) in [4.78, 5) is 37.5. The second-order valence-corrected chi connectivity index (χ2v) is 3.28. The molecule has 0 aliphatic heterocycles. The summed E-state index contributed by atoms with van der Waals surface area (Å²) in [6.07, 6.45) is 0.777. The highest BCUT2D eigenvalue weighted by molar-refractivity contribution is 5.92. The molecule has 82 valence electrons. The Kier molecular flexibility index (Phi) is 3.43. The minimum absolute atomic E-state index is 0.000268. The molecule has 0 unspecified atom stereocenters. The molecule has 0 aromatic carbocycles. The van der Waals surface area contributed by atoms with Crippen molar-refractivity contribution in [2.24, 2.45) is 0 Å². The van der Waals surface area contributed by atoms with Crippen molar-refractivity contribution in [2.45, 2.75) is 26.3 Å². The number of amides is 1. The van der Waals surface area contributed by atoms with Gasteiger partial charge in [0.1, 0.15) is 5.69 Å². The molecule has 3 N–H and O–H groups in total. The maximum absolute atomic E-state index is 11.5. The van der Waals surface area contributed by atoms with Gasteiger partial charge in [0.15, 0.2) is 0 Å². The van der Waals surface area contributed by atoms with Gasteiger partial charge in [-0.2, -0.15) is 0 Å². The number of carbonyl (C=O) groups is 1. The molecule has 1 aromatic rings. The van der Waals surface area contributed by atoms with Crippen LogP contribution in [0.1, 0.15) is 30.8 Å². The van der Waals surface area contributed by atoms with Gasteiger partial charge in [0.05, 0.1) is 0 Å². The summed E-state index contributed by atoms with van der Waals surface area (Å²) < 4.78 is 0. The molecule has 0 spiro atoms. The molecule has 15 heavy (non-hydrogen) atoms. The Balaban J connectivity index is 2.92. The topological polar surface area (TPSA) is 94.8 Å². The Morgan fingerprint density at radius 2 is 2.13 bits per heavy atom. The van der Waals surface area contributed by atoms with Crippen molar-refractivity contribution < 1.29 is 4.79 Å². The zero-order chi connectivity index (χ0) is 11.4. The van der Waals surface area contributed by atoms with Gasteiger partial charge in [-0.3, -0.25) is 14.6 Å². The smallest absolute Gasteiger partial charge is 0.326 e. The first-order valence-electron chi connectivity index (χ1n) is 4.67. The SMILES string of the molecule is CC[C@@H](C)NC(=O)c1cc(=O)[nH]c(=O)[nH]1. The lowest BCUT2D eigenvalue weighted by Crippen LogP contribution is -2.35.